The molecule has 0 bridgehead atoms. The Balaban J connectivity index is 2.89. The van der Waals surface area contributed by atoms with E-state index in [0.717, 1.165) is 0 Å². The van der Waals surface area contributed by atoms with Crippen LogP contribution in [0, 0.1) is 11.9 Å². The minimum absolute atomic E-state index is 0.441. The lowest BCUT2D eigenvalue weighted by molar-refractivity contribution is 0.508. The maximum absolute atomic E-state index is 12.4. The molecule has 0 atom stereocenters. The smallest absolute Gasteiger partial charge is 0.215 e. The highest BCUT2D eigenvalue weighted by atomic mass is 19.1. The molecule has 1 aromatic rings. The summed E-state index contributed by atoms with van der Waals surface area (Å²) in [6.07, 6.45) is 0. The Hall–Kier alpha value is -1.03. The van der Waals surface area contributed by atoms with Gasteiger partial charge in [0.2, 0.25) is 11.9 Å². The van der Waals surface area contributed by atoms with Gasteiger partial charge in [-0.25, -0.2) is 0 Å². The van der Waals surface area contributed by atoms with Crippen LogP contribution in [0.15, 0.2) is 12.1 Å². The SMILES string of the molecule is CNCc1cc(F)nc(F)c1. The van der Waals surface area contributed by atoms with Gasteiger partial charge in [0.05, 0.1) is 0 Å². The molecule has 0 saturated carbocycles. The topological polar surface area (TPSA) is 24.9 Å². The molecule has 0 aliphatic carbocycles. The second-order valence-electron chi connectivity index (χ2n) is 2.15. The van der Waals surface area contributed by atoms with Crippen molar-refractivity contribution in [2.75, 3.05) is 7.05 Å². The van der Waals surface area contributed by atoms with Crippen molar-refractivity contribution in [3.8, 4) is 0 Å². The summed E-state index contributed by atoms with van der Waals surface area (Å²) in [7, 11) is 1.70. The van der Waals surface area contributed by atoms with Gasteiger partial charge in [0, 0.05) is 6.54 Å². The van der Waals surface area contributed by atoms with Crippen LogP contribution in [0.5, 0.6) is 0 Å². The first kappa shape index (κ1) is 8.07. The van der Waals surface area contributed by atoms with Crippen LogP contribution in [0.3, 0.4) is 0 Å². The number of aromatic nitrogens is 1. The monoisotopic (exact) mass is 158 g/mol. The first-order chi connectivity index (χ1) is 5.22. The van der Waals surface area contributed by atoms with E-state index in [0.29, 0.717) is 12.1 Å². The van der Waals surface area contributed by atoms with Crippen LogP contribution < -0.4 is 5.32 Å². The van der Waals surface area contributed by atoms with Crippen molar-refractivity contribution in [1.82, 2.24) is 10.3 Å². The van der Waals surface area contributed by atoms with Gasteiger partial charge in [0.25, 0.3) is 0 Å². The Morgan fingerprint density at radius 3 is 2.36 bits per heavy atom. The first-order valence-corrected chi connectivity index (χ1v) is 3.19. The Bertz CT molecular complexity index is 230. The predicted octanol–water partition coefficient (Wildman–Crippen LogP) is 1.08. The van der Waals surface area contributed by atoms with Crippen molar-refractivity contribution in [2.24, 2.45) is 0 Å². The fourth-order valence-corrected chi connectivity index (χ4v) is 0.820. The minimum Gasteiger partial charge on any atom is -0.316 e. The summed E-state index contributed by atoms with van der Waals surface area (Å²) >= 11 is 0. The summed E-state index contributed by atoms with van der Waals surface area (Å²) in [5, 5.41) is 2.78. The molecule has 0 saturated heterocycles. The van der Waals surface area contributed by atoms with Gasteiger partial charge in [0.15, 0.2) is 0 Å². The van der Waals surface area contributed by atoms with E-state index >= 15 is 0 Å². The summed E-state index contributed by atoms with van der Waals surface area (Å²) in [6.45, 7) is 0.441. The largest absolute Gasteiger partial charge is 0.316 e. The lowest BCUT2D eigenvalue weighted by Gasteiger charge is -1.98. The van der Waals surface area contributed by atoms with Crippen LogP contribution in [-0.2, 0) is 6.54 Å². The molecule has 0 aliphatic rings. The molecular formula is C7H8F2N2. The Kier molecular flexibility index (Phi) is 2.48. The molecule has 1 N–H and O–H groups in total. The maximum atomic E-state index is 12.4. The van der Waals surface area contributed by atoms with Gasteiger partial charge in [-0.3, -0.25) is 0 Å². The molecule has 0 aromatic carbocycles. The first-order valence-electron chi connectivity index (χ1n) is 3.19. The van der Waals surface area contributed by atoms with Gasteiger partial charge in [-0.15, -0.1) is 0 Å². The zero-order valence-electron chi connectivity index (χ0n) is 6.06. The molecule has 0 aliphatic heterocycles. The number of pyridine rings is 1. The van der Waals surface area contributed by atoms with Gasteiger partial charge in [-0.1, -0.05) is 0 Å². The zero-order chi connectivity index (χ0) is 8.27. The number of hydrogen-bond donors (Lipinski definition) is 1. The average molecular weight is 158 g/mol. The van der Waals surface area contributed by atoms with Crippen molar-refractivity contribution in [3.63, 3.8) is 0 Å². The highest BCUT2D eigenvalue weighted by molar-refractivity contribution is 5.11. The molecule has 2 nitrogen and oxygen atoms in total. The quantitative estimate of drug-likeness (QED) is 0.651. The van der Waals surface area contributed by atoms with Crippen molar-refractivity contribution in [2.45, 2.75) is 6.54 Å². The Morgan fingerprint density at radius 2 is 1.91 bits per heavy atom. The van der Waals surface area contributed by atoms with Crippen LogP contribution in [0.25, 0.3) is 0 Å². The lowest BCUT2D eigenvalue weighted by atomic mass is 10.3. The highest BCUT2D eigenvalue weighted by Gasteiger charge is 1.99. The predicted molar refractivity (Wildman–Crippen MR) is 36.9 cm³/mol. The van der Waals surface area contributed by atoms with Gasteiger partial charge in [-0.05, 0) is 24.7 Å². The third-order valence-corrected chi connectivity index (χ3v) is 1.20. The summed E-state index contributed by atoms with van der Waals surface area (Å²) in [4.78, 5) is 2.96. The molecule has 0 unspecified atom stereocenters. The number of hydrogen-bond acceptors (Lipinski definition) is 2. The van der Waals surface area contributed by atoms with Crippen LogP contribution in [0.4, 0.5) is 8.78 Å². The van der Waals surface area contributed by atoms with E-state index in [1.54, 1.807) is 7.05 Å². The average Bonchev–Trinajstić information content (AvgIpc) is 1.85. The molecule has 0 radical (unpaired) electrons. The van der Waals surface area contributed by atoms with Crippen molar-refractivity contribution < 1.29 is 8.78 Å². The normalized spacial score (nSPS) is 10.1. The molecule has 1 aromatic heterocycles. The summed E-state index contributed by atoms with van der Waals surface area (Å²) in [6, 6.07) is 2.39. The number of rotatable bonds is 2. The standard InChI is InChI=1S/C7H8F2N2/c1-10-4-5-2-6(8)11-7(9)3-5/h2-3,10H,4H2,1H3. The molecule has 0 amide bonds. The van der Waals surface area contributed by atoms with Crippen LogP contribution in [0.1, 0.15) is 5.56 Å². The summed E-state index contributed by atoms with van der Waals surface area (Å²) in [5.41, 5.74) is 0.553. The maximum Gasteiger partial charge on any atom is 0.215 e. The molecule has 4 heteroatoms. The van der Waals surface area contributed by atoms with Gasteiger partial charge >= 0.3 is 0 Å². The Morgan fingerprint density at radius 1 is 1.36 bits per heavy atom. The van der Waals surface area contributed by atoms with Crippen LogP contribution in [-0.4, -0.2) is 12.0 Å². The summed E-state index contributed by atoms with van der Waals surface area (Å²) < 4.78 is 24.7. The summed E-state index contributed by atoms with van der Waals surface area (Å²) in [5.74, 6) is -1.56. The van der Waals surface area contributed by atoms with Crippen molar-refractivity contribution in [3.05, 3.63) is 29.6 Å². The molecule has 1 rings (SSSR count). The van der Waals surface area contributed by atoms with E-state index in [-0.39, 0.29) is 0 Å². The van der Waals surface area contributed by atoms with E-state index < -0.39 is 11.9 Å². The van der Waals surface area contributed by atoms with Crippen molar-refractivity contribution >= 4 is 0 Å². The van der Waals surface area contributed by atoms with Gasteiger partial charge in [0.1, 0.15) is 0 Å². The van der Waals surface area contributed by atoms with E-state index in [9.17, 15) is 8.78 Å². The third-order valence-electron chi connectivity index (χ3n) is 1.20. The van der Waals surface area contributed by atoms with E-state index in [2.05, 4.69) is 10.3 Å². The van der Waals surface area contributed by atoms with Crippen LogP contribution >= 0.6 is 0 Å². The number of nitrogens with one attached hydrogen (secondary N) is 1. The Labute approximate surface area is 63.3 Å². The highest BCUT2D eigenvalue weighted by Crippen LogP contribution is 2.02. The molecule has 11 heavy (non-hydrogen) atoms. The van der Waals surface area contributed by atoms with Gasteiger partial charge < -0.3 is 5.32 Å². The molecule has 1 heterocycles. The zero-order valence-corrected chi connectivity index (χ0v) is 6.06. The number of nitrogens with zero attached hydrogens (tertiary/aromatic N) is 1. The fraction of sp³-hybridized carbons (Fsp3) is 0.286. The van der Waals surface area contributed by atoms with Crippen molar-refractivity contribution in [1.29, 1.82) is 0 Å². The second-order valence-corrected chi connectivity index (χ2v) is 2.15. The van der Waals surface area contributed by atoms with E-state index in [1.807, 2.05) is 0 Å². The third kappa shape index (κ3) is 2.23. The van der Waals surface area contributed by atoms with Gasteiger partial charge in [-0.2, -0.15) is 13.8 Å². The fourth-order valence-electron chi connectivity index (χ4n) is 0.820. The van der Waals surface area contributed by atoms with E-state index in [4.69, 9.17) is 0 Å². The minimum atomic E-state index is -0.782. The lowest BCUT2D eigenvalue weighted by Crippen LogP contribution is -2.06. The van der Waals surface area contributed by atoms with E-state index in [1.165, 1.54) is 12.1 Å². The molecule has 60 valence electrons. The molecule has 0 fully saturated rings. The van der Waals surface area contributed by atoms with Crippen LogP contribution in [0.2, 0.25) is 0 Å². The number of halogens is 2. The second kappa shape index (κ2) is 3.39. The molecular weight excluding hydrogens is 150 g/mol. The molecule has 0 spiro atoms.